The Hall–Kier alpha value is -2.83. The molecule has 1 spiro atoms. The molecule has 1 aliphatic heterocycles. The number of fused-ring (bicyclic) bond motifs is 1. The fourth-order valence-corrected chi connectivity index (χ4v) is 4.04. The van der Waals surface area contributed by atoms with Crippen LogP contribution in [0.25, 0.3) is 12.3 Å². The number of nitrogens with one attached hydrogen (secondary N) is 1. The maximum Gasteiger partial charge on any atom is 0.266 e. The summed E-state index contributed by atoms with van der Waals surface area (Å²) in [5.41, 5.74) is 0.953. The Kier molecular flexibility index (Phi) is 3.76. The van der Waals surface area contributed by atoms with Crippen LogP contribution in [0.3, 0.4) is 0 Å². The minimum atomic E-state index is -2.84. The molecule has 2 saturated carbocycles. The van der Waals surface area contributed by atoms with Gasteiger partial charge in [0.05, 0.1) is 16.1 Å². The van der Waals surface area contributed by atoms with Crippen LogP contribution in [0.1, 0.15) is 36.8 Å². The third kappa shape index (κ3) is 2.77. The summed E-state index contributed by atoms with van der Waals surface area (Å²) >= 11 is 0. The first kappa shape index (κ1) is 17.3. The van der Waals surface area contributed by atoms with Crippen LogP contribution in [-0.2, 0) is 6.54 Å². The Balaban J connectivity index is 1.45. The van der Waals surface area contributed by atoms with E-state index in [4.69, 9.17) is 0 Å². The van der Waals surface area contributed by atoms with Gasteiger partial charge in [-0.1, -0.05) is 24.8 Å². The number of benzene rings is 1. The lowest BCUT2D eigenvalue weighted by Gasteiger charge is -2.24. The van der Waals surface area contributed by atoms with Crippen molar-refractivity contribution in [2.75, 3.05) is 5.32 Å². The molecule has 0 amide bonds. The van der Waals surface area contributed by atoms with E-state index in [0.717, 1.165) is 22.3 Å². The Labute approximate surface area is 160 Å². The molecule has 0 bridgehead atoms. The van der Waals surface area contributed by atoms with E-state index >= 15 is 0 Å². The number of hydrogen-bond donors (Lipinski definition) is 1. The first-order valence-corrected chi connectivity index (χ1v) is 9.30. The van der Waals surface area contributed by atoms with Gasteiger partial charge in [-0.2, -0.15) is 0 Å². The zero-order chi connectivity index (χ0) is 19.5. The molecular weight excluding hydrogens is 365 g/mol. The number of nitrogens with zero attached hydrogens (tertiary/aromatic N) is 3. The van der Waals surface area contributed by atoms with Gasteiger partial charge in [0.15, 0.2) is 0 Å². The van der Waals surface area contributed by atoms with Crippen molar-refractivity contribution in [1.29, 1.82) is 0 Å². The van der Waals surface area contributed by atoms with Gasteiger partial charge in [0.25, 0.3) is 6.43 Å². The summed E-state index contributed by atoms with van der Waals surface area (Å²) in [6.45, 7) is 4.20. The summed E-state index contributed by atoms with van der Waals surface area (Å²) in [4.78, 5) is 10.8. The first-order valence-electron chi connectivity index (χ1n) is 9.30. The van der Waals surface area contributed by atoms with Crippen LogP contribution in [0.5, 0.6) is 0 Å². The summed E-state index contributed by atoms with van der Waals surface area (Å²) in [6, 6.07) is 4.50. The van der Waals surface area contributed by atoms with Crippen molar-refractivity contribution in [3.05, 3.63) is 64.3 Å². The molecule has 1 aromatic carbocycles. The molecule has 7 heteroatoms. The number of hydrogen-bond acceptors (Lipinski definition) is 4. The fourth-order valence-electron chi connectivity index (χ4n) is 4.04. The summed E-state index contributed by atoms with van der Waals surface area (Å²) in [5.74, 6) is -0.335. The Morgan fingerprint density at radius 3 is 2.82 bits per heavy atom. The van der Waals surface area contributed by atoms with Crippen molar-refractivity contribution in [2.24, 2.45) is 5.41 Å². The summed E-state index contributed by atoms with van der Waals surface area (Å²) in [6.07, 6.45) is 6.21. The van der Waals surface area contributed by atoms with Crippen LogP contribution in [0.15, 0.2) is 36.8 Å². The maximum absolute atomic E-state index is 14.3. The van der Waals surface area contributed by atoms with E-state index < -0.39 is 17.8 Å². The molecule has 5 rings (SSSR count). The average molecular weight is 384 g/mol. The number of alkyl halides is 2. The third-order valence-corrected chi connectivity index (χ3v) is 5.98. The van der Waals surface area contributed by atoms with E-state index in [0.29, 0.717) is 17.3 Å². The van der Waals surface area contributed by atoms with Crippen LogP contribution in [0, 0.1) is 11.2 Å². The van der Waals surface area contributed by atoms with Gasteiger partial charge >= 0.3 is 0 Å². The topological polar surface area (TPSA) is 41.1 Å². The predicted octanol–water partition coefficient (Wildman–Crippen LogP) is 3.07. The van der Waals surface area contributed by atoms with Crippen LogP contribution in [-0.4, -0.2) is 20.9 Å². The van der Waals surface area contributed by atoms with Gasteiger partial charge in [0.2, 0.25) is 0 Å². The van der Waals surface area contributed by atoms with E-state index in [2.05, 4.69) is 26.8 Å². The van der Waals surface area contributed by atoms with Gasteiger partial charge in [-0.3, -0.25) is 0 Å². The Morgan fingerprint density at radius 2 is 2.11 bits per heavy atom. The second-order valence-corrected chi connectivity index (χ2v) is 7.75. The highest BCUT2D eigenvalue weighted by molar-refractivity contribution is 5.57. The van der Waals surface area contributed by atoms with E-state index in [9.17, 15) is 13.2 Å². The molecule has 2 fully saturated rings. The number of halogens is 3. The number of aromatic nitrogens is 2. The lowest BCUT2D eigenvalue weighted by molar-refractivity contribution is 0.146. The van der Waals surface area contributed by atoms with Crippen LogP contribution < -0.4 is 15.9 Å². The zero-order valence-electron chi connectivity index (χ0n) is 15.1. The molecule has 28 heavy (non-hydrogen) atoms. The lowest BCUT2D eigenvalue weighted by atomic mass is 10.1. The second kappa shape index (κ2) is 6.09. The van der Waals surface area contributed by atoms with E-state index in [-0.39, 0.29) is 12.1 Å². The monoisotopic (exact) mass is 384 g/mol. The van der Waals surface area contributed by atoms with Gasteiger partial charge < -0.3 is 10.2 Å². The highest BCUT2D eigenvalue weighted by Gasteiger charge is 2.65. The summed E-state index contributed by atoms with van der Waals surface area (Å²) in [5, 5.41) is 4.63. The van der Waals surface area contributed by atoms with E-state index in [1.54, 1.807) is 0 Å². The van der Waals surface area contributed by atoms with Gasteiger partial charge in [-0.25, -0.2) is 23.1 Å². The molecule has 0 saturated heterocycles. The normalized spacial score (nSPS) is 21.2. The predicted molar refractivity (Wildman–Crippen MR) is 99.9 cm³/mol. The van der Waals surface area contributed by atoms with Crippen molar-refractivity contribution >= 4 is 18.1 Å². The molecule has 2 aliphatic carbocycles. The van der Waals surface area contributed by atoms with Gasteiger partial charge in [-0.15, -0.1) is 0 Å². The fraction of sp³-hybridized carbons (Fsp3) is 0.333. The SMILES string of the molecule is C=C1C=c2ncnc(NCc3cccc(C(F)F)c3F)c2=CN1C1CC12CC2. The smallest absolute Gasteiger partial charge is 0.266 e. The first-order chi connectivity index (χ1) is 13.5. The largest absolute Gasteiger partial charge is 0.365 e. The number of allylic oxidation sites excluding steroid dienone is 1. The van der Waals surface area contributed by atoms with Crippen LogP contribution >= 0.6 is 0 Å². The molecule has 1 N–H and O–H groups in total. The molecule has 1 atom stereocenters. The maximum atomic E-state index is 14.3. The molecule has 4 nitrogen and oxygen atoms in total. The van der Waals surface area contributed by atoms with Crippen molar-refractivity contribution in [3.8, 4) is 0 Å². The quantitative estimate of drug-likeness (QED) is 0.860. The standard InChI is InChI=1S/C21H19F3N4/c1-12-7-16-15(10-28(12)17-8-21(17)5-6-21)20(27-11-26-16)25-9-13-3-2-4-14(18(13)22)19(23)24/h2-4,7,10-11,17,19H,1,5-6,8-9H2,(H,25,26,27). The second-order valence-electron chi connectivity index (χ2n) is 7.75. The van der Waals surface area contributed by atoms with E-state index in [1.165, 1.54) is 37.7 Å². The van der Waals surface area contributed by atoms with E-state index in [1.807, 2.05) is 12.3 Å². The van der Waals surface area contributed by atoms with Crippen LogP contribution in [0.2, 0.25) is 0 Å². The minimum absolute atomic E-state index is 0.0536. The van der Waals surface area contributed by atoms with Gasteiger partial charge in [0.1, 0.15) is 18.0 Å². The molecule has 0 radical (unpaired) electrons. The highest BCUT2D eigenvalue weighted by atomic mass is 19.3. The number of anilines is 1. The molecule has 144 valence electrons. The minimum Gasteiger partial charge on any atom is -0.365 e. The van der Waals surface area contributed by atoms with Crippen molar-refractivity contribution in [1.82, 2.24) is 14.9 Å². The van der Waals surface area contributed by atoms with Gasteiger partial charge in [-0.05, 0) is 30.8 Å². The Bertz CT molecular complexity index is 1090. The highest BCUT2D eigenvalue weighted by Crippen LogP contribution is 2.68. The average Bonchev–Trinajstić information content (AvgIpc) is 3.59. The lowest BCUT2D eigenvalue weighted by Crippen LogP contribution is -2.39. The van der Waals surface area contributed by atoms with Crippen molar-refractivity contribution in [2.45, 2.75) is 38.3 Å². The van der Waals surface area contributed by atoms with Crippen molar-refractivity contribution < 1.29 is 13.2 Å². The third-order valence-electron chi connectivity index (χ3n) is 5.98. The molecular formula is C21H19F3N4. The van der Waals surface area contributed by atoms with Crippen molar-refractivity contribution in [3.63, 3.8) is 0 Å². The number of rotatable bonds is 5. The van der Waals surface area contributed by atoms with Crippen LogP contribution in [0.4, 0.5) is 19.0 Å². The molecule has 3 aliphatic rings. The molecule has 1 aromatic heterocycles. The molecule has 2 heterocycles. The van der Waals surface area contributed by atoms with Gasteiger partial charge in [0, 0.05) is 30.0 Å². The molecule has 2 aromatic rings. The summed E-state index contributed by atoms with van der Waals surface area (Å²) in [7, 11) is 0. The molecule has 1 unspecified atom stereocenters. The summed E-state index contributed by atoms with van der Waals surface area (Å²) < 4.78 is 40.1. The Morgan fingerprint density at radius 1 is 1.29 bits per heavy atom. The zero-order valence-corrected chi connectivity index (χ0v) is 15.1.